The maximum atomic E-state index is 5.85. The van der Waals surface area contributed by atoms with Crippen molar-refractivity contribution in [3.05, 3.63) is 35.4 Å². The number of piperidine rings is 1. The highest BCUT2D eigenvalue weighted by molar-refractivity contribution is 5.79. The van der Waals surface area contributed by atoms with Crippen molar-refractivity contribution >= 4 is 5.96 Å². The minimum atomic E-state index is 0.671. The van der Waals surface area contributed by atoms with Gasteiger partial charge in [0.05, 0.1) is 0 Å². The Morgan fingerprint density at radius 1 is 1.16 bits per heavy atom. The highest BCUT2D eigenvalue weighted by atomic mass is 16.5. The minimum absolute atomic E-state index is 0.671. The minimum Gasteiger partial charge on any atom is -0.381 e. The van der Waals surface area contributed by atoms with Crippen molar-refractivity contribution in [1.29, 1.82) is 0 Å². The lowest BCUT2D eigenvalue weighted by Gasteiger charge is -2.31. The summed E-state index contributed by atoms with van der Waals surface area (Å²) in [5.74, 6) is 2.33. The van der Waals surface area contributed by atoms with E-state index in [1.807, 2.05) is 7.05 Å². The predicted molar refractivity (Wildman–Crippen MR) is 127 cm³/mol. The van der Waals surface area contributed by atoms with Crippen LogP contribution >= 0.6 is 0 Å². The fourth-order valence-corrected chi connectivity index (χ4v) is 4.50. The molecule has 0 bridgehead atoms. The number of nitrogens with zero attached hydrogens (tertiary/aromatic N) is 2. The van der Waals surface area contributed by atoms with Crippen LogP contribution in [0.2, 0.25) is 0 Å². The third-order valence-corrected chi connectivity index (χ3v) is 6.38. The molecule has 0 amide bonds. The zero-order chi connectivity index (χ0) is 21.7. The van der Waals surface area contributed by atoms with Crippen molar-refractivity contribution in [3.8, 4) is 0 Å². The molecule has 0 saturated carbocycles. The first kappa shape index (κ1) is 24.0. The second kappa shape index (κ2) is 13.7. The number of rotatable bonds is 10. The molecule has 2 N–H and O–H groups in total. The molecular formula is C25H42N4O2. The SMILES string of the molecule is CN=C(NCCCOCC1CCOCC1)NCc1ccccc1CN1CCCC(C)C1. The van der Waals surface area contributed by atoms with E-state index in [0.717, 1.165) is 77.2 Å². The van der Waals surface area contributed by atoms with Gasteiger partial charge < -0.3 is 20.1 Å². The summed E-state index contributed by atoms with van der Waals surface area (Å²) in [6, 6.07) is 8.78. The summed E-state index contributed by atoms with van der Waals surface area (Å²) in [6.45, 7) is 10.9. The Morgan fingerprint density at radius 3 is 2.74 bits per heavy atom. The molecule has 31 heavy (non-hydrogen) atoms. The summed E-state index contributed by atoms with van der Waals surface area (Å²) in [6.07, 6.45) is 5.92. The molecule has 174 valence electrons. The van der Waals surface area contributed by atoms with E-state index in [0.29, 0.717) is 5.92 Å². The average Bonchev–Trinajstić information content (AvgIpc) is 2.80. The smallest absolute Gasteiger partial charge is 0.191 e. The van der Waals surface area contributed by atoms with Gasteiger partial charge in [-0.1, -0.05) is 31.2 Å². The van der Waals surface area contributed by atoms with Crippen molar-refractivity contribution in [1.82, 2.24) is 15.5 Å². The molecule has 0 spiro atoms. The van der Waals surface area contributed by atoms with Crippen LogP contribution in [0.1, 0.15) is 50.2 Å². The molecule has 1 aromatic rings. The van der Waals surface area contributed by atoms with Gasteiger partial charge in [0.15, 0.2) is 5.96 Å². The quantitative estimate of drug-likeness (QED) is 0.338. The third kappa shape index (κ3) is 8.79. The number of hydrogen-bond acceptors (Lipinski definition) is 4. The van der Waals surface area contributed by atoms with Crippen LogP contribution in [-0.4, -0.2) is 64.0 Å². The number of benzene rings is 1. The Bertz CT molecular complexity index is 661. The molecule has 6 heteroatoms. The van der Waals surface area contributed by atoms with Crippen LogP contribution in [0.5, 0.6) is 0 Å². The molecule has 2 saturated heterocycles. The highest BCUT2D eigenvalue weighted by Gasteiger charge is 2.17. The molecule has 1 unspecified atom stereocenters. The van der Waals surface area contributed by atoms with E-state index in [2.05, 4.69) is 51.7 Å². The van der Waals surface area contributed by atoms with E-state index < -0.39 is 0 Å². The Hall–Kier alpha value is -1.63. The number of hydrogen-bond donors (Lipinski definition) is 2. The summed E-state index contributed by atoms with van der Waals surface area (Å²) in [7, 11) is 1.83. The molecule has 6 nitrogen and oxygen atoms in total. The number of aliphatic imine (C=N–C) groups is 1. The summed E-state index contributed by atoms with van der Waals surface area (Å²) in [5.41, 5.74) is 2.77. The van der Waals surface area contributed by atoms with Gasteiger partial charge in [-0.25, -0.2) is 0 Å². The topological polar surface area (TPSA) is 58.1 Å². The molecule has 2 heterocycles. The normalized spacial score (nSPS) is 21.2. The Labute approximate surface area is 188 Å². The molecule has 0 aliphatic carbocycles. The van der Waals surface area contributed by atoms with Gasteiger partial charge in [-0.2, -0.15) is 0 Å². The second-order valence-corrected chi connectivity index (χ2v) is 9.09. The maximum absolute atomic E-state index is 5.85. The van der Waals surface area contributed by atoms with E-state index in [1.165, 1.54) is 37.1 Å². The lowest BCUT2D eigenvalue weighted by Crippen LogP contribution is -2.38. The van der Waals surface area contributed by atoms with Crippen molar-refractivity contribution in [2.75, 3.05) is 53.1 Å². The Balaban J connectivity index is 1.34. The van der Waals surface area contributed by atoms with E-state index in [9.17, 15) is 0 Å². The first-order valence-electron chi connectivity index (χ1n) is 12.1. The van der Waals surface area contributed by atoms with Crippen LogP contribution in [0, 0.1) is 11.8 Å². The molecule has 0 radical (unpaired) electrons. The maximum Gasteiger partial charge on any atom is 0.191 e. The largest absolute Gasteiger partial charge is 0.381 e. The lowest BCUT2D eigenvalue weighted by atomic mass is 9.99. The first-order valence-corrected chi connectivity index (χ1v) is 12.1. The van der Waals surface area contributed by atoms with Crippen LogP contribution in [0.4, 0.5) is 0 Å². The number of ether oxygens (including phenoxy) is 2. The van der Waals surface area contributed by atoms with Crippen molar-refractivity contribution in [2.24, 2.45) is 16.8 Å². The van der Waals surface area contributed by atoms with Crippen molar-refractivity contribution in [2.45, 2.75) is 52.1 Å². The predicted octanol–water partition coefficient (Wildman–Crippen LogP) is 3.42. The lowest BCUT2D eigenvalue weighted by molar-refractivity contribution is 0.0203. The summed E-state index contributed by atoms with van der Waals surface area (Å²) in [5, 5.41) is 6.89. The monoisotopic (exact) mass is 430 g/mol. The van der Waals surface area contributed by atoms with Crippen LogP contribution in [0.3, 0.4) is 0 Å². The van der Waals surface area contributed by atoms with Crippen LogP contribution < -0.4 is 10.6 Å². The summed E-state index contributed by atoms with van der Waals surface area (Å²) in [4.78, 5) is 6.98. The highest BCUT2D eigenvalue weighted by Crippen LogP contribution is 2.19. The zero-order valence-corrected chi connectivity index (χ0v) is 19.6. The zero-order valence-electron chi connectivity index (χ0n) is 19.6. The number of guanidine groups is 1. The molecule has 1 aromatic carbocycles. The van der Waals surface area contributed by atoms with Gasteiger partial charge >= 0.3 is 0 Å². The molecule has 1 atom stereocenters. The molecule has 0 aromatic heterocycles. The first-order chi connectivity index (χ1) is 15.2. The summed E-state index contributed by atoms with van der Waals surface area (Å²) < 4.78 is 11.3. The van der Waals surface area contributed by atoms with Gasteiger partial charge in [0.25, 0.3) is 0 Å². The van der Waals surface area contributed by atoms with Gasteiger partial charge in [-0.3, -0.25) is 9.89 Å². The van der Waals surface area contributed by atoms with E-state index in [-0.39, 0.29) is 0 Å². The molecule has 2 aliphatic rings. The molecule has 3 rings (SSSR count). The third-order valence-electron chi connectivity index (χ3n) is 6.38. The fraction of sp³-hybridized carbons (Fsp3) is 0.720. The van der Waals surface area contributed by atoms with E-state index >= 15 is 0 Å². The Kier molecular flexibility index (Phi) is 10.6. The van der Waals surface area contributed by atoms with Gasteiger partial charge in [-0.15, -0.1) is 0 Å². The standard InChI is InChI=1S/C25H42N4O2/c1-21-7-5-13-29(18-21)19-24-9-4-3-8-23(24)17-28-25(26-2)27-12-6-14-31-20-22-10-15-30-16-11-22/h3-4,8-9,21-22H,5-7,10-20H2,1-2H3,(H2,26,27,28). The molecule has 2 fully saturated rings. The second-order valence-electron chi connectivity index (χ2n) is 9.09. The van der Waals surface area contributed by atoms with Crippen LogP contribution in [0.15, 0.2) is 29.3 Å². The van der Waals surface area contributed by atoms with Crippen molar-refractivity contribution in [3.63, 3.8) is 0 Å². The van der Waals surface area contributed by atoms with Gasteiger partial charge in [0.2, 0.25) is 0 Å². The van der Waals surface area contributed by atoms with E-state index in [1.54, 1.807) is 0 Å². The number of nitrogens with one attached hydrogen (secondary N) is 2. The van der Waals surface area contributed by atoms with Gasteiger partial charge in [0, 0.05) is 59.7 Å². The summed E-state index contributed by atoms with van der Waals surface area (Å²) >= 11 is 0. The van der Waals surface area contributed by atoms with Gasteiger partial charge in [-0.05, 0) is 61.6 Å². The average molecular weight is 431 g/mol. The van der Waals surface area contributed by atoms with Crippen LogP contribution in [-0.2, 0) is 22.6 Å². The molecule has 2 aliphatic heterocycles. The molecular weight excluding hydrogens is 388 g/mol. The number of likely N-dealkylation sites (tertiary alicyclic amines) is 1. The van der Waals surface area contributed by atoms with Gasteiger partial charge in [0.1, 0.15) is 0 Å². The Morgan fingerprint density at radius 2 is 1.97 bits per heavy atom. The van der Waals surface area contributed by atoms with Crippen LogP contribution in [0.25, 0.3) is 0 Å². The fourth-order valence-electron chi connectivity index (χ4n) is 4.50. The van der Waals surface area contributed by atoms with E-state index in [4.69, 9.17) is 9.47 Å². The van der Waals surface area contributed by atoms with Crippen molar-refractivity contribution < 1.29 is 9.47 Å².